The minimum Gasteiger partial charge on any atom is -0.348 e. The summed E-state index contributed by atoms with van der Waals surface area (Å²) < 4.78 is 0. The molecule has 20 heavy (non-hydrogen) atoms. The third kappa shape index (κ3) is 2.36. The fourth-order valence-corrected chi connectivity index (χ4v) is 5.04. The van der Waals surface area contributed by atoms with Gasteiger partial charge in [0.05, 0.1) is 0 Å². The van der Waals surface area contributed by atoms with Crippen molar-refractivity contribution >= 4 is 16.5 Å². The van der Waals surface area contributed by atoms with Crippen LogP contribution in [0.2, 0.25) is 0 Å². The Bertz CT molecular complexity index is 468. The summed E-state index contributed by atoms with van der Waals surface area (Å²) in [4.78, 5) is 13.7. The second-order valence-corrected chi connectivity index (χ2v) is 7.69. The molecule has 0 spiro atoms. The van der Waals surface area contributed by atoms with Gasteiger partial charge in [0.1, 0.15) is 0 Å². The van der Waals surface area contributed by atoms with Crippen LogP contribution in [0.15, 0.2) is 6.20 Å². The van der Waals surface area contributed by atoms with Crippen LogP contribution in [0.25, 0.3) is 0 Å². The molecule has 4 rings (SSSR count). The van der Waals surface area contributed by atoms with Crippen LogP contribution in [-0.2, 0) is 6.54 Å². The first-order valence-corrected chi connectivity index (χ1v) is 8.73. The first-order chi connectivity index (χ1) is 9.79. The summed E-state index contributed by atoms with van der Waals surface area (Å²) >= 11 is 1.91. The lowest BCUT2D eigenvalue weighted by Crippen LogP contribution is -2.31. The van der Waals surface area contributed by atoms with Crippen LogP contribution in [-0.4, -0.2) is 60.6 Å². The Balaban J connectivity index is 1.38. The molecule has 0 bridgehead atoms. The minimum atomic E-state index is 0.806. The number of fused-ring (bicyclic) bond motifs is 1. The van der Waals surface area contributed by atoms with E-state index in [4.69, 9.17) is 0 Å². The third-order valence-corrected chi connectivity index (χ3v) is 6.24. The van der Waals surface area contributed by atoms with Crippen LogP contribution in [0, 0.1) is 5.92 Å². The van der Waals surface area contributed by atoms with E-state index < -0.39 is 0 Å². The molecule has 5 heteroatoms. The van der Waals surface area contributed by atoms with E-state index >= 15 is 0 Å². The molecule has 2 atom stereocenters. The number of nitrogens with zero attached hydrogens (tertiary/aromatic N) is 4. The zero-order valence-corrected chi connectivity index (χ0v) is 13.1. The smallest absolute Gasteiger partial charge is 0.185 e. The van der Waals surface area contributed by atoms with Crippen molar-refractivity contribution in [1.82, 2.24) is 14.8 Å². The predicted molar refractivity (Wildman–Crippen MR) is 83.4 cm³/mol. The highest BCUT2D eigenvalue weighted by molar-refractivity contribution is 7.15. The highest BCUT2D eigenvalue weighted by Crippen LogP contribution is 2.32. The van der Waals surface area contributed by atoms with E-state index in [-0.39, 0.29) is 0 Å². The number of thiazole rings is 1. The van der Waals surface area contributed by atoms with Crippen molar-refractivity contribution in [2.75, 3.05) is 44.7 Å². The number of likely N-dealkylation sites (tertiary alicyclic amines) is 2. The van der Waals surface area contributed by atoms with Gasteiger partial charge in [0, 0.05) is 49.8 Å². The molecular formula is C15H24N4S. The van der Waals surface area contributed by atoms with Gasteiger partial charge in [0.15, 0.2) is 5.13 Å². The lowest BCUT2D eigenvalue weighted by molar-refractivity contribution is 0.256. The summed E-state index contributed by atoms with van der Waals surface area (Å²) in [5, 5.41) is 1.24. The van der Waals surface area contributed by atoms with Gasteiger partial charge in [0.2, 0.25) is 0 Å². The molecule has 4 nitrogen and oxygen atoms in total. The average Bonchev–Trinajstić information content (AvgIpc) is 3.17. The number of likely N-dealkylation sites (N-methyl/N-ethyl adjacent to an activating group) is 1. The van der Waals surface area contributed by atoms with Gasteiger partial charge < -0.3 is 9.80 Å². The summed E-state index contributed by atoms with van der Waals surface area (Å²) in [6.45, 7) is 7.33. The van der Waals surface area contributed by atoms with Crippen molar-refractivity contribution in [3.8, 4) is 0 Å². The number of hydrogen-bond acceptors (Lipinski definition) is 5. The summed E-state index contributed by atoms with van der Waals surface area (Å²) in [6, 6.07) is 0.806. The van der Waals surface area contributed by atoms with Crippen molar-refractivity contribution in [2.24, 2.45) is 5.92 Å². The van der Waals surface area contributed by atoms with Gasteiger partial charge >= 0.3 is 0 Å². The Labute approximate surface area is 125 Å². The number of aromatic nitrogens is 1. The Morgan fingerprint density at radius 1 is 1.25 bits per heavy atom. The van der Waals surface area contributed by atoms with E-state index in [2.05, 4.69) is 32.9 Å². The van der Waals surface area contributed by atoms with Crippen molar-refractivity contribution in [3.05, 3.63) is 11.1 Å². The van der Waals surface area contributed by atoms with Crippen molar-refractivity contribution < 1.29 is 0 Å². The summed E-state index contributed by atoms with van der Waals surface area (Å²) in [7, 11) is 2.28. The van der Waals surface area contributed by atoms with Crippen molar-refractivity contribution in [2.45, 2.75) is 31.8 Å². The third-order valence-electron chi connectivity index (χ3n) is 5.20. The molecule has 0 unspecified atom stereocenters. The minimum absolute atomic E-state index is 0.806. The molecule has 110 valence electrons. The van der Waals surface area contributed by atoms with Gasteiger partial charge in [-0.05, 0) is 38.8 Å². The van der Waals surface area contributed by atoms with Crippen LogP contribution in [0.5, 0.6) is 0 Å². The van der Waals surface area contributed by atoms with Gasteiger partial charge in [0.25, 0.3) is 0 Å². The number of hydrogen-bond donors (Lipinski definition) is 0. The number of rotatable bonds is 3. The Morgan fingerprint density at radius 3 is 2.90 bits per heavy atom. The van der Waals surface area contributed by atoms with Crippen LogP contribution in [0.4, 0.5) is 5.13 Å². The molecule has 1 aromatic rings. The zero-order chi connectivity index (χ0) is 13.5. The van der Waals surface area contributed by atoms with Gasteiger partial charge in [-0.1, -0.05) is 0 Å². The standard InChI is InChI=1S/C15H24N4S/c1-17-7-4-12-9-18(11-14(12)17)10-13-8-16-15(20-13)19-5-2-3-6-19/h8,12,14H,2-7,9-11H2,1H3/t12-,14+/m1/s1. The number of anilines is 1. The predicted octanol–water partition coefficient (Wildman–Crippen LogP) is 1.88. The molecule has 3 fully saturated rings. The summed E-state index contributed by atoms with van der Waals surface area (Å²) in [5.74, 6) is 0.908. The Kier molecular flexibility index (Phi) is 3.44. The fourth-order valence-electron chi connectivity index (χ4n) is 4.03. The zero-order valence-electron chi connectivity index (χ0n) is 12.3. The maximum atomic E-state index is 4.63. The highest BCUT2D eigenvalue weighted by Gasteiger charge is 2.39. The first-order valence-electron chi connectivity index (χ1n) is 7.92. The molecule has 3 aliphatic heterocycles. The molecular weight excluding hydrogens is 268 g/mol. The molecule has 0 N–H and O–H groups in total. The van der Waals surface area contributed by atoms with Gasteiger partial charge in [-0.25, -0.2) is 4.98 Å². The Morgan fingerprint density at radius 2 is 2.10 bits per heavy atom. The second kappa shape index (κ2) is 5.28. The summed E-state index contributed by atoms with van der Waals surface area (Å²) in [6.07, 6.45) is 6.16. The van der Waals surface area contributed by atoms with E-state index in [9.17, 15) is 0 Å². The highest BCUT2D eigenvalue weighted by atomic mass is 32.1. The van der Waals surface area contributed by atoms with Gasteiger partial charge in [-0.3, -0.25) is 4.90 Å². The molecule has 0 amide bonds. The lowest BCUT2D eigenvalue weighted by Gasteiger charge is -2.19. The molecule has 3 aliphatic rings. The molecule has 0 aliphatic carbocycles. The molecule has 4 heterocycles. The molecule has 3 saturated heterocycles. The average molecular weight is 292 g/mol. The maximum Gasteiger partial charge on any atom is 0.185 e. The first kappa shape index (κ1) is 13.0. The fraction of sp³-hybridized carbons (Fsp3) is 0.800. The SMILES string of the molecule is CN1CC[C@@H]2CN(Cc3cnc(N4CCCC4)s3)C[C@@H]21. The van der Waals surface area contributed by atoms with Gasteiger partial charge in [-0.15, -0.1) is 11.3 Å². The molecule has 0 saturated carbocycles. The normalized spacial score (nSPS) is 31.4. The maximum absolute atomic E-state index is 4.63. The van der Waals surface area contributed by atoms with E-state index in [1.807, 2.05) is 11.3 Å². The topological polar surface area (TPSA) is 22.6 Å². The Hall–Kier alpha value is -0.650. The van der Waals surface area contributed by atoms with Crippen LogP contribution in [0.1, 0.15) is 24.1 Å². The van der Waals surface area contributed by atoms with Crippen LogP contribution >= 0.6 is 11.3 Å². The van der Waals surface area contributed by atoms with E-state index in [0.717, 1.165) is 18.5 Å². The summed E-state index contributed by atoms with van der Waals surface area (Å²) in [5.41, 5.74) is 0. The second-order valence-electron chi connectivity index (χ2n) is 6.59. The largest absolute Gasteiger partial charge is 0.348 e. The van der Waals surface area contributed by atoms with Crippen LogP contribution in [0.3, 0.4) is 0 Å². The van der Waals surface area contributed by atoms with E-state index in [1.165, 1.54) is 62.0 Å². The van der Waals surface area contributed by atoms with E-state index in [1.54, 1.807) is 0 Å². The van der Waals surface area contributed by atoms with Gasteiger partial charge in [-0.2, -0.15) is 0 Å². The monoisotopic (exact) mass is 292 g/mol. The quantitative estimate of drug-likeness (QED) is 0.848. The molecule has 0 aromatic carbocycles. The van der Waals surface area contributed by atoms with E-state index in [0.29, 0.717) is 0 Å². The van der Waals surface area contributed by atoms with Crippen molar-refractivity contribution in [1.29, 1.82) is 0 Å². The van der Waals surface area contributed by atoms with Crippen molar-refractivity contribution in [3.63, 3.8) is 0 Å². The lowest BCUT2D eigenvalue weighted by atomic mass is 10.1. The molecule has 0 radical (unpaired) electrons. The molecule has 1 aromatic heterocycles. The van der Waals surface area contributed by atoms with Crippen LogP contribution < -0.4 is 4.90 Å².